The van der Waals surface area contributed by atoms with Gasteiger partial charge < -0.3 is 14.8 Å². The lowest BCUT2D eigenvalue weighted by Crippen LogP contribution is -2.16. The summed E-state index contributed by atoms with van der Waals surface area (Å²) in [7, 11) is 0. The Hall–Kier alpha value is -2.41. The normalized spacial score (nSPS) is 14.1. The fraction of sp³-hybridized carbons (Fsp3) is 0.267. The van der Waals surface area contributed by atoms with Crippen LogP contribution in [0, 0.1) is 12.3 Å². The first-order chi connectivity index (χ1) is 9.31. The zero-order valence-corrected chi connectivity index (χ0v) is 10.6. The van der Waals surface area contributed by atoms with Gasteiger partial charge in [-0.25, -0.2) is 4.98 Å². The lowest BCUT2D eigenvalue weighted by molar-refractivity contribution is 0.174. The van der Waals surface area contributed by atoms with Crippen molar-refractivity contribution in [3.8, 4) is 23.8 Å². The van der Waals surface area contributed by atoms with Crippen LogP contribution in [0.25, 0.3) is 10.8 Å². The zero-order chi connectivity index (χ0) is 13.2. The highest BCUT2D eigenvalue weighted by atomic mass is 16.7. The van der Waals surface area contributed by atoms with Gasteiger partial charge in [0.2, 0.25) is 6.79 Å². The number of fused-ring (bicyclic) bond motifs is 2. The third-order valence-corrected chi connectivity index (χ3v) is 3.18. The van der Waals surface area contributed by atoms with Crippen LogP contribution >= 0.6 is 0 Å². The van der Waals surface area contributed by atoms with Gasteiger partial charge in [-0.1, -0.05) is 12.8 Å². The molecule has 0 saturated carbocycles. The second kappa shape index (κ2) is 4.69. The van der Waals surface area contributed by atoms with Crippen molar-refractivity contribution in [1.82, 2.24) is 4.98 Å². The van der Waals surface area contributed by atoms with Crippen LogP contribution in [0.5, 0.6) is 11.5 Å². The molecule has 1 N–H and O–H groups in total. The predicted octanol–water partition coefficient (Wildman–Crippen LogP) is 2.79. The Morgan fingerprint density at radius 2 is 2.21 bits per heavy atom. The lowest BCUT2D eigenvalue weighted by Gasteiger charge is -2.13. The van der Waals surface area contributed by atoms with Gasteiger partial charge in [-0.3, -0.25) is 0 Å². The molecule has 1 aliphatic rings. The van der Waals surface area contributed by atoms with Crippen molar-refractivity contribution in [2.75, 3.05) is 12.1 Å². The molecule has 0 radical (unpaired) electrons. The second-order valence-corrected chi connectivity index (χ2v) is 4.36. The summed E-state index contributed by atoms with van der Waals surface area (Å²) in [6.07, 6.45) is 8.09. The molecule has 4 nitrogen and oxygen atoms in total. The molecule has 0 spiro atoms. The third-order valence-electron chi connectivity index (χ3n) is 3.18. The summed E-state index contributed by atoms with van der Waals surface area (Å²) in [4.78, 5) is 4.37. The quantitative estimate of drug-likeness (QED) is 0.855. The number of anilines is 1. The maximum atomic E-state index is 5.48. The van der Waals surface area contributed by atoms with Gasteiger partial charge >= 0.3 is 0 Å². The van der Waals surface area contributed by atoms with E-state index in [9.17, 15) is 0 Å². The van der Waals surface area contributed by atoms with Crippen LogP contribution in [0.1, 0.15) is 13.3 Å². The monoisotopic (exact) mass is 254 g/mol. The van der Waals surface area contributed by atoms with Crippen molar-refractivity contribution < 1.29 is 9.47 Å². The first-order valence-corrected chi connectivity index (χ1v) is 6.23. The Morgan fingerprint density at radius 3 is 2.95 bits per heavy atom. The largest absolute Gasteiger partial charge is 0.454 e. The van der Waals surface area contributed by atoms with E-state index >= 15 is 0 Å². The summed E-state index contributed by atoms with van der Waals surface area (Å²) in [6.45, 7) is 2.31. The first kappa shape index (κ1) is 11.7. The standard InChI is InChI=1S/C15H14N2O2/c1-3-11(4-2)17-15-12-8-14-13(18-9-19-14)7-10(12)5-6-16-15/h1,5-8,11H,4,9H2,2H3,(H,16,17). The molecule has 1 aromatic carbocycles. The van der Waals surface area contributed by atoms with Gasteiger partial charge in [-0.15, -0.1) is 6.42 Å². The van der Waals surface area contributed by atoms with Crippen molar-refractivity contribution in [1.29, 1.82) is 0 Å². The van der Waals surface area contributed by atoms with Crippen LogP contribution in [0.4, 0.5) is 5.82 Å². The summed E-state index contributed by atoms with van der Waals surface area (Å²) in [5, 5.41) is 5.31. The molecule has 2 heterocycles. The molecule has 1 aliphatic heterocycles. The van der Waals surface area contributed by atoms with Crippen molar-refractivity contribution in [3.63, 3.8) is 0 Å². The van der Waals surface area contributed by atoms with Crippen molar-refractivity contribution >= 4 is 16.6 Å². The van der Waals surface area contributed by atoms with Crippen LogP contribution in [-0.2, 0) is 0 Å². The van der Waals surface area contributed by atoms with E-state index in [0.717, 1.165) is 34.5 Å². The van der Waals surface area contributed by atoms with E-state index in [1.54, 1.807) is 6.20 Å². The van der Waals surface area contributed by atoms with Crippen LogP contribution in [-0.4, -0.2) is 17.8 Å². The van der Waals surface area contributed by atoms with E-state index in [1.165, 1.54) is 0 Å². The highest BCUT2D eigenvalue weighted by Crippen LogP contribution is 2.37. The van der Waals surface area contributed by atoms with Crippen molar-refractivity contribution in [2.45, 2.75) is 19.4 Å². The molecule has 3 rings (SSSR count). The summed E-state index contributed by atoms with van der Waals surface area (Å²) >= 11 is 0. The first-order valence-electron chi connectivity index (χ1n) is 6.23. The lowest BCUT2D eigenvalue weighted by atomic mass is 10.1. The topological polar surface area (TPSA) is 43.4 Å². The number of pyridine rings is 1. The molecule has 19 heavy (non-hydrogen) atoms. The number of benzene rings is 1. The highest BCUT2D eigenvalue weighted by molar-refractivity contribution is 5.94. The number of rotatable bonds is 3. The zero-order valence-electron chi connectivity index (χ0n) is 10.6. The predicted molar refractivity (Wildman–Crippen MR) is 74.4 cm³/mol. The summed E-state index contributed by atoms with van der Waals surface area (Å²) < 4.78 is 10.8. The molecule has 0 saturated heterocycles. The number of aromatic nitrogens is 1. The summed E-state index contributed by atoms with van der Waals surface area (Å²) in [5.41, 5.74) is 0. The Morgan fingerprint density at radius 1 is 1.42 bits per heavy atom. The summed E-state index contributed by atoms with van der Waals surface area (Å²) in [5.74, 6) is 5.01. The molecule has 1 atom stereocenters. The van der Waals surface area contributed by atoms with Gasteiger partial charge in [-0.2, -0.15) is 0 Å². The minimum Gasteiger partial charge on any atom is -0.454 e. The number of nitrogens with zero attached hydrogens (tertiary/aromatic N) is 1. The Labute approximate surface area is 111 Å². The SMILES string of the molecule is C#CC(CC)Nc1nccc2cc3c(cc12)OCO3. The van der Waals surface area contributed by atoms with Gasteiger partial charge in [0.05, 0.1) is 6.04 Å². The molecule has 0 fully saturated rings. The second-order valence-electron chi connectivity index (χ2n) is 4.36. The maximum Gasteiger partial charge on any atom is 0.231 e. The van der Waals surface area contributed by atoms with E-state index < -0.39 is 0 Å². The van der Waals surface area contributed by atoms with Gasteiger partial charge in [0.1, 0.15) is 5.82 Å². The van der Waals surface area contributed by atoms with E-state index in [0.29, 0.717) is 0 Å². The molecule has 96 valence electrons. The Kier molecular flexibility index (Phi) is 2.88. The average Bonchev–Trinajstić information content (AvgIpc) is 2.89. The summed E-state index contributed by atoms with van der Waals surface area (Å²) in [6, 6.07) is 5.82. The van der Waals surface area contributed by atoms with Crippen LogP contribution in [0.15, 0.2) is 24.4 Å². The fourth-order valence-electron chi connectivity index (χ4n) is 2.10. The molecule has 0 amide bonds. The van der Waals surface area contributed by atoms with Gasteiger partial charge in [0.15, 0.2) is 11.5 Å². The molecule has 0 bridgehead atoms. The smallest absolute Gasteiger partial charge is 0.231 e. The van der Waals surface area contributed by atoms with E-state index in [4.69, 9.17) is 15.9 Å². The fourth-order valence-corrected chi connectivity index (χ4v) is 2.10. The number of ether oxygens (including phenoxy) is 2. The number of hydrogen-bond donors (Lipinski definition) is 1. The van der Waals surface area contributed by atoms with Crippen LogP contribution in [0.3, 0.4) is 0 Å². The number of nitrogens with one attached hydrogen (secondary N) is 1. The Bertz CT molecular complexity index is 661. The van der Waals surface area contributed by atoms with E-state index in [1.807, 2.05) is 25.1 Å². The molecule has 1 unspecified atom stereocenters. The van der Waals surface area contributed by atoms with E-state index in [2.05, 4.69) is 16.2 Å². The van der Waals surface area contributed by atoms with Crippen LogP contribution in [0.2, 0.25) is 0 Å². The van der Waals surface area contributed by atoms with Crippen molar-refractivity contribution in [2.24, 2.45) is 0 Å². The van der Waals surface area contributed by atoms with E-state index in [-0.39, 0.29) is 12.8 Å². The minimum atomic E-state index is -0.0245. The van der Waals surface area contributed by atoms with Crippen molar-refractivity contribution in [3.05, 3.63) is 24.4 Å². The van der Waals surface area contributed by atoms with Gasteiger partial charge in [-0.05, 0) is 30.0 Å². The minimum absolute atomic E-state index is 0.0245. The van der Waals surface area contributed by atoms with Gasteiger partial charge in [0, 0.05) is 11.6 Å². The molecule has 4 heteroatoms. The Balaban J connectivity index is 2.08. The highest BCUT2D eigenvalue weighted by Gasteiger charge is 2.16. The molecule has 0 aliphatic carbocycles. The van der Waals surface area contributed by atoms with Crippen LogP contribution < -0.4 is 14.8 Å². The molecule has 1 aromatic heterocycles. The number of hydrogen-bond acceptors (Lipinski definition) is 4. The molecule has 2 aromatic rings. The third kappa shape index (κ3) is 2.04. The van der Waals surface area contributed by atoms with Gasteiger partial charge in [0.25, 0.3) is 0 Å². The number of terminal acetylenes is 1. The maximum absolute atomic E-state index is 5.48. The average molecular weight is 254 g/mol. The molecular weight excluding hydrogens is 240 g/mol. The molecular formula is C15H14N2O2.